The fraction of sp³-hybridized carbons (Fsp3) is 0.415. The summed E-state index contributed by atoms with van der Waals surface area (Å²) in [5.41, 5.74) is 7.00. The van der Waals surface area contributed by atoms with Crippen LogP contribution in [0.5, 0.6) is 0 Å². The summed E-state index contributed by atoms with van der Waals surface area (Å²) >= 11 is 0. The molecule has 1 aromatic heterocycles. The van der Waals surface area contributed by atoms with Crippen molar-refractivity contribution < 1.29 is 28.7 Å². The molecule has 3 aliphatic heterocycles. The van der Waals surface area contributed by atoms with Gasteiger partial charge >= 0.3 is 12.2 Å². The largest absolute Gasteiger partial charge is 0.453 e. The van der Waals surface area contributed by atoms with Crippen molar-refractivity contribution >= 4 is 35.3 Å². The third-order valence-corrected chi connectivity index (χ3v) is 10.4. The molecule has 0 saturated carbocycles. The average molecular weight is 736 g/mol. The van der Waals surface area contributed by atoms with Gasteiger partial charge in [-0.1, -0.05) is 88.4 Å². The summed E-state index contributed by atoms with van der Waals surface area (Å²) < 4.78 is 9.50. The maximum atomic E-state index is 13.5. The summed E-state index contributed by atoms with van der Waals surface area (Å²) in [4.78, 5) is 67.3. The van der Waals surface area contributed by atoms with E-state index < -0.39 is 24.3 Å². The van der Waals surface area contributed by atoms with E-state index in [1.54, 1.807) is 11.1 Å². The highest BCUT2D eigenvalue weighted by Crippen LogP contribution is 2.34. The standard InChI is InChI=1S/C41H49N7O6/c1-24(2)35(45-40(51)53-5)38(49)47-19-7-9-33(47)31-21-30(22-42-31)28-13-11-26(12-14-28)27-15-17-29(18-16-27)32-23-43-37(44-32)34-10-8-20-48(34)39(50)36(25(3)4)46-41(52)54-6/h7,9,11-18,22-25,33-36H,8,10,19-21H2,1-6H3,(H,43,44)(H,45,51)(H,46,52)/t33-,34-,35-,36-/m0/s1. The van der Waals surface area contributed by atoms with Crippen molar-refractivity contribution in [3.63, 3.8) is 0 Å². The van der Waals surface area contributed by atoms with E-state index in [0.717, 1.165) is 57.9 Å². The summed E-state index contributed by atoms with van der Waals surface area (Å²) in [6.07, 6.45) is 8.64. The maximum Gasteiger partial charge on any atom is 0.407 e. The number of nitrogens with zero attached hydrogens (tertiary/aromatic N) is 4. The number of carbonyl (C=O) groups is 4. The third-order valence-electron chi connectivity index (χ3n) is 10.4. The normalized spacial score (nSPS) is 19.1. The second kappa shape index (κ2) is 16.5. The van der Waals surface area contributed by atoms with Crippen LogP contribution in [-0.2, 0) is 19.1 Å². The molecule has 4 amide bonds. The van der Waals surface area contributed by atoms with Crippen molar-refractivity contribution in [2.75, 3.05) is 27.3 Å². The van der Waals surface area contributed by atoms with Gasteiger partial charge in [-0.05, 0) is 52.5 Å². The summed E-state index contributed by atoms with van der Waals surface area (Å²) in [6.45, 7) is 8.64. The second-order valence-electron chi connectivity index (χ2n) is 14.6. The minimum absolute atomic E-state index is 0.103. The number of methoxy groups -OCH3 is 2. The SMILES string of the molecule is COC(=O)N[C@H](C(=O)N1CC=C[C@H]1C1=NC=C(c2ccc(-c3ccc(-c4cnc([C@@H]5CCCN5C(=O)[C@@H](NC(=O)OC)C(C)C)[nH]4)cc3)cc2)C1)C(C)C. The summed E-state index contributed by atoms with van der Waals surface area (Å²) in [5.74, 6) is 0.207. The van der Waals surface area contributed by atoms with Gasteiger partial charge in [0.2, 0.25) is 11.8 Å². The van der Waals surface area contributed by atoms with Crippen molar-refractivity contribution in [3.8, 4) is 22.4 Å². The second-order valence-corrected chi connectivity index (χ2v) is 14.6. The molecule has 3 N–H and O–H groups in total. The van der Waals surface area contributed by atoms with Crippen LogP contribution in [0.2, 0.25) is 0 Å². The Balaban J connectivity index is 1.07. The first kappa shape index (κ1) is 38.0. The Morgan fingerprint density at radius 1 is 0.796 bits per heavy atom. The fourth-order valence-corrected chi connectivity index (χ4v) is 7.29. The Bertz CT molecular complexity index is 1950. The highest BCUT2D eigenvalue weighted by atomic mass is 16.5. The zero-order chi connectivity index (χ0) is 38.5. The molecule has 4 heterocycles. The van der Waals surface area contributed by atoms with E-state index in [-0.39, 0.29) is 35.7 Å². The van der Waals surface area contributed by atoms with Gasteiger partial charge in [0.25, 0.3) is 0 Å². The number of amides is 4. The quantitative estimate of drug-likeness (QED) is 0.200. The number of likely N-dealkylation sites (tertiary alicyclic amines) is 1. The molecule has 3 aromatic rings. The smallest absolute Gasteiger partial charge is 0.407 e. The number of allylic oxidation sites excluding steroid dienone is 1. The highest BCUT2D eigenvalue weighted by molar-refractivity contribution is 6.05. The first-order chi connectivity index (χ1) is 26.0. The molecule has 13 nitrogen and oxygen atoms in total. The topological polar surface area (TPSA) is 158 Å². The molecule has 1 saturated heterocycles. The van der Waals surface area contributed by atoms with E-state index in [1.807, 2.05) is 50.9 Å². The van der Waals surface area contributed by atoms with Crippen LogP contribution in [-0.4, -0.2) is 94.9 Å². The number of hydrogen-bond acceptors (Lipinski definition) is 8. The molecule has 0 aliphatic carbocycles. The Kier molecular flexibility index (Phi) is 11.6. The monoisotopic (exact) mass is 735 g/mol. The van der Waals surface area contributed by atoms with Crippen molar-refractivity contribution in [2.24, 2.45) is 16.8 Å². The number of ether oxygens (including phenoxy) is 2. The number of aromatic nitrogens is 2. The lowest BCUT2D eigenvalue weighted by Crippen LogP contribution is -2.53. The Labute approximate surface area is 315 Å². The van der Waals surface area contributed by atoms with Crippen LogP contribution in [0, 0.1) is 11.8 Å². The number of rotatable bonds is 11. The molecule has 2 aromatic carbocycles. The minimum Gasteiger partial charge on any atom is -0.453 e. The van der Waals surface area contributed by atoms with E-state index in [1.165, 1.54) is 14.2 Å². The highest BCUT2D eigenvalue weighted by Gasteiger charge is 2.38. The molecule has 13 heteroatoms. The van der Waals surface area contributed by atoms with Gasteiger partial charge in [-0.15, -0.1) is 0 Å². The number of imidazole rings is 1. The molecular weight excluding hydrogens is 686 g/mol. The van der Waals surface area contributed by atoms with E-state index in [2.05, 4.69) is 69.1 Å². The van der Waals surface area contributed by atoms with Crippen LogP contribution in [0.3, 0.4) is 0 Å². The molecule has 3 aliphatic rings. The van der Waals surface area contributed by atoms with Crippen LogP contribution < -0.4 is 10.6 Å². The first-order valence-corrected chi connectivity index (χ1v) is 18.5. The van der Waals surface area contributed by atoms with Crippen LogP contribution in [0.1, 0.15) is 64.4 Å². The lowest BCUT2D eigenvalue weighted by Gasteiger charge is -2.31. The van der Waals surface area contributed by atoms with Gasteiger partial charge in [0.1, 0.15) is 17.9 Å². The number of alkyl carbamates (subject to hydrolysis) is 2. The van der Waals surface area contributed by atoms with Gasteiger partial charge in [-0.25, -0.2) is 14.6 Å². The van der Waals surface area contributed by atoms with Gasteiger partial charge in [-0.2, -0.15) is 0 Å². The van der Waals surface area contributed by atoms with E-state index in [4.69, 9.17) is 14.5 Å². The van der Waals surface area contributed by atoms with Gasteiger partial charge in [0, 0.05) is 31.4 Å². The molecule has 0 radical (unpaired) electrons. The van der Waals surface area contributed by atoms with Crippen molar-refractivity contribution in [1.82, 2.24) is 30.4 Å². The van der Waals surface area contributed by atoms with Gasteiger partial charge < -0.3 is 34.9 Å². The molecule has 0 bridgehead atoms. The number of aliphatic imine (C=N–C) groups is 1. The predicted octanol–water partition coefficient (Wildman–Crippen LogP) is 6.12. The number of nitrogens with one attached hydrogen (secondary N) is 3. The molecule has 1 fully saturated rings. The van der Waals surface area contributed by atoms with Crippen LogP contribution in [0.25, 0.3) is 28.0 Å². The van der Waals surface area contributed by atoms with Crippen LogP contribution in [0.15, 0.2) is 78.1 Å². The predicted molar refractivity (Wildman–Crippen MR) is 206 cm³/mol. The number of aromatic amines is 1. The molecule has 0 unspecified atom stereocenters. The number of carbonyl (C=O) groups excluding carboxylic acids is 4. The van der Waals surface area contributed by atoms with E-state index >= 15 is 0 Å². The summed E-state index contributed by atoms with van der Waals surface area (Å²) in [7, 11) is 2.57. The minimum atomic E-state index is -0.699. The maximum absolute atomic E-state index is 13.5. The number of H-pyrrole nitrogens is 1. The zero-order valence-corrected chi connectivity index (χ0v) is 31.7. The van der Waals surface area contributed by atoms with Gasteiger partial charge in [0.05, 0.1) is 38.2 Å². The Morgan fingerprint density at radius 3 is 1.93 bits per heavy atom. The summed E-state index contributed by atoms with van der Waals surface area (Å²) in [5, 5.41) is 5.38. The van der Waals surface area contributed by atoms with Gasteiger partial charge in [-0.3, -0.25) is 14.6 Å². The molecule has 4 atom stereocenters. The number of benzene rings is 2. The van der Waals surface area contributed by atoms with Crippen molar-refractivity contribution in [1.29, 1.82) is 0 Å². The fourth-order valence-electron chi connectivity index (χ4n) is 7.29. The van der Waals surface area contributed by atoms with Crippen LogP contribution >= 0.6 is 0 Å². The van der Waals surface area contributed by atoms with Crippen molar-refractivity contribution in [3.05, 3.63) is 84.5 Å². The van der Waals surface area contributed by atoms with Crippen LogP contribution in [0.4, 0.5) is 9.59 Å². The molecular formula is C41H49N7O6. The zero-order valence-electron chi connectivity index (χ0n) is 31.7. The number of hydrogen-bond donors (Lipinski definition) is 3. The Morgan fingerprint density at radius 2 is 1.35 bits per heavy atom. The third kappa shape index (κ3) is 8.09. The van der Waals surface area contributed by atoms with Crippen molar-refractivity contribution in [2.45, 2.75) is 71.1 Å². The van der Waals surface area contributed by atoms with E-state index in [9.17, 15) is 19.2 Å². The molecule has 54 heavy (non-hydrogen) atoms. The van der Waals surface area contributed by atoms with Gasteiger partial charge in [0.15, 0.2) is 0 Å². The lowest BCUT2D eigenvalue weighted by molar-refractivity contribution is -0.135. The average Bonchev–Trinajstić information content (AvgIpc) is 4.02. The molecule has 6 rings (SSSR count). The van der Waals surface area contributed by atoms with E-state index in [0.29, 0.717) is 19.5 Å². The lowest BCUT2D eigenvalue weighted by atomic mass is 9.96. The first-order valence-electron chi connectivity index (χ1n) is 18.5. The molecule has 0 spiro atoms. The Hall–Kier alpha value is -5.72. The molecule has 284 valence electrons. The summed E-state index contributed by atoms with van der Waals surface area (Å²) in [6, 6.07) is 14.8.